The van der Waals surface area contributed by atoms with Gasteiger partial charge in [0.25, 0.3) is 0 Å². The van der Waals surface area contributed by atoms with Crippen molar-refractivity contribution in [2.45, 2.75) is 32.2 Å². The van der Waals surface area contributed by atoms with Gasteiger partial charge in [-0.05, 0) is 0 Å². The highest BCUT2D eigenvalue weighted by Gasteiger charge is 2.26. The Morgan fingerprint density at radius 3 is 2.62 bits per heavy atom. The van der Waals surface area contributed by atoms with Gasteiger partial charge < -0.3 is 0 Å². The fraction of sp³-hybridized carbons (Fsp3) is 0.545. The fourth-order valence-corrected chi connectivity index (χ4v) is 1.51. The summed E-state index contributed by atoms with van der Waals surface area (Å²) in [7, 11) is 1.78. The molecular formula is C11H14N4O. The first kappa shape index (κ1) is 12.2. The van der Waals surface area contributed by atoms with Crippen molar-refractivity contribution in [1.29, 1.82) is 5.26 Å². The molecule has 0 fully saturated rings. The Morgan fingerprint density at radius 2 is 2.19 bits per heavy atom. The third-order valence-corrected chi connectivity index (χ3v) is 2.17. The molecule has 0 aliphatic rings. The van der Waals surface area contributed by atoms with E-state index in [4.69, 9.17) is 5.26 Å². The molecule has 0 bridgehead atoms. The van der Waals surface area contributed by atoms with Gasteiger partial charge in [-0.3, -0.25) is 4.68 Å². The van der Waals surface area contributed by atoms with Crippen LogP contribution in [-0.4, -0.2) is 15.9 Å². The largest absolute Gasteiger partial charge is 0.275 e. The third kappa shape index (κ3) is 2.36. The van der Waals surface area contributed by atoms with Gasteiger partial charge in [-0.2, -0.15) is 15.4 Å². The van der Waals surface area contributed by atoms with E-state index in [1.54, 1.807) is 17.9 Å². The van der Waals surface area contributed by atoms with E-state index in [1.165, 1.54) is 6.08 Å². The zero-order valence-corrected chi connectivity index (χ0v) is 9.85. The lowest BCUT2D eigenvalue weighted by Crippen LogP contribution is -2.15. The molecule has 5 heteroatoms. The van der Waals surface area contributed by atoms with Crippen molar-refractivity contribution in [3.63, 3.8) is 0 Å². The zero-order chi connectivity index (χ0) is 12.3. The van der Waals surface area contributed by atoms with Gasteiger partial charge in [-0.25, -0.2) is 4.79 Å². The highest BCUT2D eigenvalue weighted by Crippen LogP contribution is 2.29. The van der Waals surface area contributed by atoms with Gasteiger partial charge in [0.1, 0.15) is 0 Å². The van der Waals surface area contributed by atoms with Gasteiger partial charge >= 0.3 is 0 Å². The van der Waals surface area contributed by atoms with Gasteiger partial charge in [0.05, 0.1) is 11.8 Å². The standard InChI is InChI=1S/C11H14N4O/c1-11(2,3)10-8(6-15(4)14-10)9(5-12)13-7-16/h6,9H,1-4H3. The van der Waals surface area contributed by atoms with Crippen LogP contribution in [0.2, 0.25) is 0 Å². The molecule has 1 atom stereocenters. The van der Waals surface area contributed by atoms with E-state index >= 15 is 0 Å². The second-order valence-electron chi connectivity index (χ2n) is 4.61. The van der Waals surface area contributed by atoms with Crippen molar-refractivity contribution in [3.05, 3.63) is 17.5 Å². The fourth-order valence-electron chi connectivity index (χ4n) is 1.51. The van der Waals surface area contributed by atoms with Crippen molar-refractivity contribution < 1.29 is 4.79 Å². The minimum absolute atomic E-state index is 0.190. The van der Waals surface area contributed by atoms with Crippen molar-refractivity contribution in [2.75, 3.05) is 0 Å². The van der Waals surface area contributed by atoms with E-state index in [9.17, 15) is 4.79 Å². The molecule has 0 saturated carbocycles. The summed E-state index contributed by atoms with van der Waals surface area (Å²) < 4.78 is 1.63. The summed E-state index contributed by atoms with van der Waals surface area (Å²) in [6.07, 6.45) is 3.14. The van der Waals surface area contributed by atoms with E-state index < -0.39 is 6.04 Å². The van der Waals surface area contributed by atoms with Gasteiger partial charge in [0, 0.05) is 24.2 Å². The Kier molecular flexibility index (Phi) is 3.26. The lowest BCUT2D eigenvalue weighted by Gasteiger charge is -2.17. The molecule has 1 unspecified atom stereocenters. The average molecular weight is 218 g/mol. The van der Waals surface area contributed by atoms with Crippen LogP contribution in [0.3, 0.4) is 0 Å². The van der Waals surface area contributed by atoms with Crippen molar-refractivity contribution >= 4 is 6.08 Å². The van der Waals surface area contributed by atoms with E-state index in [0.29, 0.717) is 5.56 Å². The summed E-state index contributed by atoms with van der Waals surface area (Å²) in [5, 5.41) is 13.3. The zero-order valence-electron chi connectivity index (χ0n) is 9.85. The SMILES string of the molecule is Cn1cc(C(C#N)N=C=O)c(C(C)(C)C)n1. The number of nitrogens with zero attached hydrogens (tertiary/aromatic N) is 4. The molecule has 0 saturated heterocycles. The molecule has 1 rings (SSSR count). The average Bonchev–Trinajstić information content (AvgIpc) is 2.56. The summed E-state index contributed by atoms with van der Waals surface area (Å²) in [6.45, 7) is 5.99. The summed E-state index contributed by atoms with van der Waals surface area (Å²) in [6, 6.07) is 1.14. The van der Waals surface area contributed by atoms with Crippen LogP contribution in [0.25, 0.3) is 0 Å². The summed E-state index contributed by atoms with van der Waals surface area (Å²) in [4.78, 5) is 13.7. The molecular weight excluding hydrogens is 204 g/mol. The van der Waals surface area contributed by atoms with Crippen molar-refractivity contribution in [2.24, 2.45) is 12.0 Å². The molecule has 5 nitrogen and oxygen atoms in total. The normalized spacial score (nSPS) is 12.7. The Morgan fingerprint density at radius 1 is 1.56 bits per heavy atom. The van der Waals surface area contributed by atoms with Gasteiger partial charge in [0.2, 0.25) is 6.08 Å². The first-order chi connectivity index (χ1) is 7.40. The lowest BCUT2D eigenvalue weighted by atomic mass is 9.88. The third-order valence-electron chi connectivity index (χ3n) is 2.17. The highest BCUT2D eigenvalue weighted by molar-refractivity contribution is 5.39. The van der Waals surface area contributed by atoms with Gasteiger partial charge in [-0.1, -0.05) is 20.8 Å². The van der Waals surface area contributed by atoms with E-state index in [1.807, 2.05) is 26.8 Å². The second kappa shape index (κ2) is 4.30. The topological polar surface area (TPSA) is 71.0 Å². The first-order valence-corrected chi connectivity index (χ1v) is 4.90. The summed E-state index contributed by atoms with van der Waals surface area (Å²) >= 11 is 0. The second-order valence-corrected chi connectivity index (χ2v) is 4.61. The Balaban J connectivity index is 3.33. The highest BCUT2D eigenvalue weighted by atomic mass is 16.1. The van der Waals surface area contributed by atoms with Crippen LogP contribution in [0.1, 0.15) is 38.1 Å². The number of aromatic nitrogens is 2. The van der Waals surface area contributed by atoms with Gasteiger partial charge in [-0.15, -0.1) is 0 Å². The van der Waals surface area contributed by atoms with Crippen molar-refractivity contribution in [1.82, 2.24) is 9.78 Å². The number of isocyanates is 1. The quantitative estimate of drug-likeness (QED) is 0.559. The molecule has 0 radical (unpaired) electrons. The minimum Gasteiger partial charge on any atom is -0.275 e. The maximum absolute atomic E-state index is 10.2. The molecule has 0 aromatic carbocycles. The number of nitriles is 1. The Bertz CT molecular complexity index is 469. The van der Waals surface area contributed by atoms with Crippen LogP contribution in [0.4, 0.5) is 0 Å². The molecule has 1 aromatic rings. The number of hydrogen-bond acceptors (Lipinski definition) is 4. The number of aryl methyl sites for hydroxylation is 1. The van der Waals surface area contributed by atoms with Crippen LogP contribution in [0.15, 0.2) is 11.2 Å². The van der Waals surface area contributed by atoms with Crippen molar-refractivity contribution in [3.8, 4) is 6.07 Å². The summed E-state index contributed by atoms with van der Waals surface area (Å²) in [5.41, 5.74) is 1.26. The molecule has 0 aliphatic heterocycles. The van der Waals surface area contributed by atoms with Crippen LogP contribution >= 0.6 is 0 Å². The maximum Gasteiger partial charge on any atom is 0.236 e. The number of hydrogen-bond donors (Lipinski definition) is 0. The number of carbonyl (C=O) groups excluding carboxylic acids is 1. The predicted octanol–water partition coefficient (Wildman–Crippen LogP) is 1.62. The summed E-state index contributed by atoms with van der Waals surface area (Å²) in [5.74, 6) is 0. The monoisotopic (exact) mass is 218 g/mol. The Labute approximate surface area is 94.4 Å². The minimum atomic E-state index is -0.819. The molecule has 1 aromatic heterocycles. The molecule has 0 N–H and O–H groups in total. The molecule has 0 amide bonds. The molecule has 0 spiro atoms. The molecule has 16 heavy (non-hydrogen) atoms. The van der Waals surface area contributed by atoms with E-state index in [-0.39, 0.29) is 5.41 Å². The van der Waals surface area contributed by atoms with E-state index in [0.717, 1.165) is 5.69 Å². The number of rotatable bonds is 2. The van der Waals surface area contributed by atoms with E-state index in [2.05, 4.69) is 10.1 Å². The first-order valence-electron chi connectivity index (χ1n) is 4.90. The lowest BCUT2D eigenvalue weighted by molar-refractivity contribution is 0.544. The molecule has 84 valence electrons. The van der Waals surface area contributed by atoms with Crippen LogP contribution in [0.5, 0.6) is 0 Å². The predicted molar refractivity (Wildman–Crippen MR) is 58.4 cm³/mol. The number of aliphatic imine (C=N–C) groups is 1. The molecule has 0 aliphatic carbocycles. The maximum atomic E-state index is 10.2. The Hall–Kier alpha value is -1.92. The van der Waals surface area contributed by atoms with Crippen LogP contribution < -0.4 is 0 Å². The van der Waals surface area contributed by atoms with Crippen LogP contribution in [-0.2, 0) is 17.3 Å². The van der Waals surface area contributed by atoms with Gasteiger partial charge in [0.15, 0.2) is 6.04 Å². The smallest absolute Gasteiger partial charge is 0.236 e. The van der Waals surface area contributed by atoms with Crippen LogP contribution in [0, 0.1) is 11.3 Å². The molecule has 1 heterocycles.